The van der Waals surface area contributed by atoms with Crippen LogP contribution in [0.2, 0.25) is 0 Å². The maximum Gasteiger partial charge on any atom is 0.338 e. The van der Waals surface area contributed by atoms with Gasteiger partial charge in [-0.25, -0.2) is 9.59 Å². The highest BCUT2D eigenvalue weighted by Gasteiger charge is 2.21. The number of ether oxygens (including phenoxy) is 3. The molecule has 1 fully saturated rings. The highest BCUT2D eigenvalue weighted by molar-refractivity contribution is 6.21. The summed E-state index contributed by atoms with van der Waals surface area (Å²) in [4.78, 5) is 25.7. The van der Waals surface area contributed by atoms with Gasteiger partial charge in [0, 0.05) is 30.4 Å². The smallest absolute Gasteiger partial charge is 0.338 e. The van der Waals surface area contributed by atoms with E-state index in [1.54, 1.807) is 6.07 Å². The van der Waals surface area contributed by atoms with Gasteiger partial charge in [0.25, 0.3) is 0 Å². The molecule has 6 nitrogen and oxygen atoms in total. The SMILES string of the molecule is COC(=O)C=C(C(=O)OC)c1ccccc1N1CCOCC1. The van der Waals surface area contributed by atoms with Crippen molar-refractivity contribution in [1.82, 2.24) is 0 Å². The topological polar surface area (TPSA) is 65.1 Å². The van der Waals surface area contributed by atoms with Gasteiger partial charge in [-0.15, -0.1) is 0 Å². The predicted octanol–water partition coefficient (Wildman–Crippen LogP) is 1.25. The molecule has 1 aromatic rings. The van der Waals surface area contributed by atoms with Crippen LogP contribution in [-0.2, 0) is 23.8 Å². The van der Waals surface area contributed by atoms with E-state index >= 15 is 0 Å². The molecule has 2 rings (SSSR count). The minimum absolute atomic E-state index is 0.177. The molecule has 1 saturated heterocycles. The summed E-state index contributed by atoms with van der Waals surface area (Å²) in [5, 5.41) is 0. The Hall–Kier alpha value is -2.34. The molecule has 0 amide bonds. The van der Waals surface area contributed by atoms with E-state index in [0.717, 1.165) is 24.9 Å². The van der Waals surface area contributed by atoms with Gasteiger partial charge < -0.3 is 19.1 Å². The van der Waals surface area contributed by atoms with Crippen molar-refractivity contribution in [2.45, 2.75) is 0 Å². The van der Waals surface area contributed by atoms with Crippen LogP contribution in [0.4, 0.5) is 5.69 Å². The Balaban J connectivity index is 2.45. The largest absolute Gasteiger partial charge is 0.466 e. The summed E-state index contributed by atoms with van der Waals surface area (Å²) in [5.41, 5.74) is 1.68. The Labute approximate surface area is 129 Å². The second-order valence-electron chi connectivity index (χ2n) is 4.69. The highest BCUT2D eigenvalue weighted by Crippen LogP contribution is 2.28. The van der Waals surface area contributed by atoms with Crippen molar-refractivity contribution in [3.05, 3.63) is 35.9 Å². The molecule has 1 heterocycles. The Morgan fingerprint density at radius 2 is 1.82 bits per heavy atom. The first kappa shape index (κ1) is 16.0. The van der Waals surface area contributed by atoms with Crippen LogP contribution >= 0.6 is 0 Å². The molecule has 1 aromatic carbocycles. The van der Waals surface area contributed by atoms with Crippen molar-refractivity contribution in [2.75, 3.05) is 45.4 Å². The van der Waals surface area contributed by atoms with Gasteiger partial charge in [0.2, 0.25) is 0 Å². The van der Waals surface area contributed by atoms with E-state index < -0.39 is 11.9 Å². The van der Waals surface area contributed by atoms with Crippen LogP contribution in [0.1, 0.15) is 5.56 Å². The Morgan fingerprint density at radius 3 is 2.45 bits per heavy atom. The Morgan fingerprint density at radius 1 is 1.14 bits per heavy atom. The molecule has 0 unspecified atom stereocenters. The average Bonchev–Trinajstić information content (AvgIpc) is 2.59. The quantitative estimate of drug-likeness (QED) is 0.616. The molecule has 0 N–H and O–H groups in total. The normalized spacial score (nSPS) is 15.4. The zero-order chi connectivity index (χ0) is 15.9. The fourth-order valence-corrected chi connectivity index (χ4v) is 2.31. The zero-order valence-electron chi connectivity index (χ0n) is 12.7. The van der Waals surface area contributed by atoms with E-state index in [2.05, 4.69) is 9.64 Å². The van der Waals surface area contributed by atoms with Gasteiger partial charge in [-0.05, 0) is 6.07 Å². The summed E-state index contributed by atoms with van der Waals surface area (Å²) in [6.45, 7) is 2.71. The molecular formula is C16H19NO5. The number of benzene rings is 1. The summed E-state index contributed by atoms with van der Waals surface area (Å²) in [6, 6.07) is 7.40. The summed E-state index contributed by atoms with van der Waals surface area (Å²) >= 11 is 0. The lowest BCUT2D eigenvalue weighted by Crippen LogP contribution is -2.36. The number of morpholine rings is 1. The standard InChI is InChI=1S/C16H19NO5/c1-20-15(18)11-13(16(19)21-2)12-5-3-4-6-14(12)17-7-9-22-10-8-17/h3-6,11H,7-10H2,1-2H3. The minimum Gasteiger partial charge on any atom is -0.466 e. The van der Waals surface area contributed by atoms with Crippen molar-refractivity contribution in [1.29, 1.82) is 0 Å². The first-order valence-corrected chi connectivity index (χ1v) is 6.97. The van der Waals surface area contributed by atoms with Gasteiger partial charge in [-0.1, -0.05) is 18.2 Å². The predicted molar refractivity (Wildman–Crippen MR) is 81.5 cm³/mol. The fraction of sp³-hybridized carbons (Fsp3) is 0.375. The number of hydrogen-bond acceptors (Lipinski definition) is 6. The van der Waals surface area contributed by atoms with Crippen molar-refractivity contribution in [3.63, 3.8) is 0 Å². The fourth-order valence-electron chi connectivity index (χ4n) is 2.31. The van der Waals surface area contributed by atoms with Crippen molar-refractivity contribution < 1.29 is 23.8 Å². The van der Waals surface area contributed by atoms with Crippen LogP contribution in [0.15, 0.2) is 30.3 Å². The second-order valence-corrected chi connectivity index (χ2v) is 4.69. The van der Waals surface area contributed by atoms with E-state index in [0.29, 0.717) is 18.8 Å². The molecule has 118 valence electrons. The van der Waals surface area contributed by atoms with Gasteiger partial charge >= 0.3 is 11.9 Å². The van der Waals surface area contributed by atoms with Crippen LogP contribution in [0, 0.1) is 0 Å². The van der Waals surface area contributed by atoms with Crippen LogP contribution in [0.5, 0.6) is 0 Å². The van der Waals surface area contributed by atoms with Crippen LogP contribution in [-0.4, -0.2) is 52.5 Å². The van der Waals surface area contributed by atoms with Crippen LogP contribution in [0.3, 0.4) is 0 Å². The van der Waals surface area contributed by atoms with Gasteiger partial charge in [-0.3, -0.25) is 0 Å². The number of esters is 2. The van der Waals surface area contributed by atoms with E-state index in [1.165, 1.54) is 14.2 Å². The molecule has 22 heavy (non-hydrogen) atoms. The molecule has 1 aliphatic heterocycles. The van der Waals surface area contributed by atoms with E-state index in [9.17, 15) is 9.59 Å². The summed E-state index contributed by atoms with van der Waals surface area (Å²) in [6.07, 6.45) is 1.16. The molecule has 0 bridgehead atoms. The monoisotopic (exact) mass is 305 g/mol. The maximum absolute atomic E-state index is 12.1. The molecule has 0 aromatic heterocycles. The molecule has 0 atom stereocenters. The molecular weight excluding hydrogens is 286 g/mol. The van der Waals surface area contributed by atoms with Gasteiger partial charge in [0.15, 0.2) is 0 Å². The van der Waals surface area contributed by atoms with E-state index in [1.807, 2.05) is 18.2 Å². The number of carbonyl (C=O) groups excluding carboxylic acids is 2. The zero-order valence-corrected chi connectivity index (χ0v) is 12.7. The van der Waals surface area contributed by atoms with Crippen molar-refractivity contribution >= 4 is 23.2 Å². The molecule has 0 aliphatic carbocycles. The van der Waals surface area contributed by atoms with Crippen LogP contribution in [0.25, 0.3) is 5.57 Å². The Bertz CT molecular complexity index is 576. The number of anilines is 1. The molecule has 0 saturated carbocycles. The first-order chi connectivity index (χ1) is 10.7. The van der Waals surface area contributed by atoms with Crippen molar-refractivity contribution in [3.8, 4) is 0 Å². The number of para-hydroxylation sites is 1. The highest BCUT2D eigenvalue weighted by atomic mass is 16.5. The summed E-state index contributed by atoms with van der Waals surface area (Å²) in [5.74, 6) is -1.18. The number of nitrogens with zero attached hydrogens (tertiary/aromatic N) is 1. The van der Waals surface area contributed by atoms with E-state index in [-0.39, 0.29) is 5.57 Å². The molecule has 0 radical (unpaired) electrons. The van der Waals surface area contributed by atoms with Gasteiger partial charge in [0.1, 0.15) is 0 Å². The summed E-state index contributed by atoms with van der Waals surface area (Å²) < 4.78 is 14.8. The summed E-state index contributed by atoms with van der Waals surface area (Å²) in [7, 11) is 2.55. The third kappa shape index (κ3) is 3.65. The lowest BCUT2D eigenvalue weighted by Gasteiger charge is -2.30. The molecule has 0 spiro atoms. The molecule has 6 heteroatoms. The number of hydrogen-bond donors (Lipinski definition) is 0. The number of methoxy groups -OCH3 is 2. The van der Waals surface area contributed by atoms with Gasteiger partial charge in [0.05, 0.1) is 33.0 Å². The third-order valence-corrected chi connectivity index (χ3v) is 3.41. The Kier molecular flexibility index (Phi) is 5.55. The number of rotatable bonds is 4. The number of carbonyl (C=O) groups is 2. The third-order valence-electron chi connectivity index (χ3n) is 3.41. The van der Waals surface area contributed by atoms with Crippen molar-refractivity contribution in [2.24, 2.45) is 0 Å². The van der Waals surface area contributed by atoms with E-state index in [4.69, 9.17) is 9.47 Å². The minimum atomic E-state index is -0.600. The average molecular weight is 305 g/mol. The van der Waals surface area contributed by atoms with Gasteiger partial charge in [-0.2, -0.15) is 0 Å². The molecule has 1 aliphatic rings. The lowest BCUT2D eigenvalue weighted by atomic mass is 10.0. The second kappa shape index (κ2) is 7.61. The lowest BCUT2D eigenvalue weighted by molar-refractivity contribution is -0.136. The first-order valence-electron chi connectivity index (χ1n) is 6.97. The van der Waals surface area contributed by atoms with Crippen LogP contribution < -0.4 is 4.90 Å². The maximum atomic E-state index is 12.1.